The van der Waals surface area contributed by atoms with Gasteiger partial charge in [0.15, 0.2) is 0 Å². The van der Waals surface area contributed by atoms with E-state index in [-0.39, 0.29) is 0 Å². The monoisotopic (exact) mass is 564 g/mol. The normalized spacial score (nSPS) is 15.2. The zero-order chi connectivity index (χ0) is 26.7. The summed E-state index contributed by atoms with van der Waals surface area (Å²) in [5.74, 6) is 0. The topological polar surface area (TPSA) is 0 Å². The molecule has 1 aliphatic heterocycles. The molecule has 0 atom stereocenters. The highest BCUT2D eigenvalue weighted by Crippen LogP contribution is 2.34. The van der Waals surface area contributed by atoms with Gasteiger partial charge in [-0.1, -0.05) is 111 Å². The summed E-state index contributed by atoms with van der Waals surface area (Å²) in [6.07, 6.45) is 2.20. The molecule has 38 heavy (non-hydrogen) atoms. The summed E-state index contributed by atoms with van der Waals surface area (Å²) < 4.78 is 0. The fourth-order valence-electron chi connectivity index (χ4n) is 6.21. The van der Waals surface area contributed by atoms with Crippen LogP contribution in [-0.4, -0.2) is 16.1 Å². The number of rotatable bonds is 4. The molecule has 0 aliphatic carbocycles. The minimum Gasteiger partial charge on any atom is -0.140 e. The maximum Gasteiger partial charge on any atom is 0.112 e. The Labute approximate surface area is 238 Å². The fourth-order valence-corrected chi connectivity index (χ4v) is 15.9. The lowest BCUT2D eigenvalue weighted by Crippen LogP contribution is -2.69. The molecule has 0 amide bonds. The smallest absolute Gasteiger partial charge is 0.112 e. The predicted molar refractivity (Wildman–Crippen MR) is 177 cm³/mol. The molecule has 0 spiro atoms. The molecule has 4 heteroatoms. The summed E-state index contributed by atoms with van der Waals surface area (Å²) in [7, 11) is -3.95. The zero-order valence-corrected chi connectivity index (χ0v) is 26.9. The molecule has 6 rings (SSSR count). The molecule has 2 aromatic heterocycles. The first-order valence-electron chi connectivity index (χ1n) is 13.8. The van der Waals surface area contributed by atoms with E-state index in [4.69, 9.17) is 0 Å². The van der Waals surface area contributed by atoms with Gasteiger partial charge in [0.1, 0.15) is 16.1 Å². The standard InChI is InChI=1S/C34H36S2Si2/c1-7-25-15-19-29(35-25)23-13-17-27-28-18-14-24(30-20-16-26(8-2)36-30)22-34(28)38(5,6)32-12-10-9-11-31(32)37(3,4)33(27)21-23/h9-22H,7-8H2,1-6H3. The minimum atomic E-state index is -1.98. The van der Waals surface area contributed by atoms with Crippen molar-refractivity contribution in [1.29, 1.82) is 0 Å². The number of hydrogen-bond acceptors (Lipinski definition) is 2. The Morgan fingerprint density at radius 3 is 1.29 bits per heavy atom. The van der Waals surface area contributed by atoms with E-state index < -0.39 is 16.1 Å². The first kappa shape index (κ1) is 25.8. The molecule has 1 aliphatic rings. The minimum absolute atomic E-state index is 1.10. The Morgan fingerprint density at radius 1 is 0.500 bits per heavy atom. The van der Waals surface area contributed by atoms with Gasteiger partial charge in [-0.2, -0.15) is 0 Å². The van der Waals surface area contributed by atoms with Crippen molar-refractivity contribution in [2.24, 2.45) is 0 Å². The van der Waals surface area contributed by atoms with Gasteiger partial charge in [-0.05, 0) is 69.7 Å². The maximum atomic E-state index is 2.57. The van der Waals surface area contributed by atoms with E-state index in [1.807, 2.05) is 22.7 Å². The van der Waals surface area contributed by atoms with Crippen LogP contribution in [0, 0.1) is 0 Å². The van der Waals surface area contributed by atoms with Crippen molar-refractivity contribution < 1.29 is 0 Å². The Hall–Kier alpha value is -2.51. The lowest BCUT2D eigenvalue weighted by molar-refractivity contribution is 1.19. The van der Waals surface area contributed by atoms with E-state index in [0.29, 0.717) is 0 Å². The summed E-state index contributed by atoms with van der Waals surface area (Å²) in [5.41, 5.74) is 5.64. The van der Waals surface area contributed by atoms with Gasteiger partial charge in [0.05, 0.1) is 0 Å². The van der Waals surface area contributed by atoms with E-state index in [1.165, 1.54) is 41.8 Å². The molecule has 0 saturated heterocycles. The second-order valence-electron chi connectivity index (χ2n) is 11.6. The molecule has 3 aromatic carbocycles. The Bertz CT molecular complexity index is 1530. The third kappa shape index (κ3) is 4.13. The molecule has 0 bridgehead atoms. The molecule has 0 nitrogen and oxygen atoms in total. The van der Waals surface area contributed by atoms with Crippen LogP contribution in [0.5, 0.6) is 0 Å². The van der Waals surface area contributed by atoms with Crippen molar-refractivity contribution in [2.45, 2.75) is 52.9 Å². The first-order chi connectivity index (χ1) is 18.2. The third-order valence-corrected chi connectivity index (χ3v) is 18.4. The zero-order valence-electron chi connectivity index (χ0n) is 23.3. The molecule has 0 radical (unpaired) electrons. The van der Waals surface area contributed by atoms with Crippen LogP contribution in [0.3, 0.4) is 0 Å². The van der Waals surface area contributed by atoms with Crippen LogP contribution in [0.15, 0.2) is 84.9 Å². The second kappa shape index (κ2) is 9.60. The highest BCUT2D eigenvalue weighted by Gasteiger charge is 2.40. The van der Waals surface area contributed by atoms with Gasteiger partial charge in [-0.15, -0.1) is 22.7 Å². The second-order valence-corrected chi connectivity index (χ2v) is 22.5. The van der Waals surface area contributed by atoms with Crippen molar-refractivity contribution in [3.63, 3.8) is 0 Å². The average Bonchev–Trinajstić information content (AvgIpc) is 3.62. The number of fused-ring (bicyclic) bond motifs is 4. The van der Waals surface area contributed by atoms with Crippen molar-refractivity contribution >= 4 is 59.6 Å². The number of hydrogen-bond donors (Lipinski definition) is 0. The molecule has 0 N–H and O–H groups in total. The Balaban J connectivity index is 1.64. The lowest BCUT2D eigenvalue weighted by Gasteiger charge is -2.38. The van der Waals surface area contributed by atoms with Crippen LogP contribution < -0.4 is 20.7 Å². The number of aryl methyl sites for hydroxylation is 2. The molecule has 3 heterocycles. The van der Waals surface area contributed by atoms with E-state index in [2.05, 4.69) is 125 Å². The molecule has 5 aromatic rings. The predicted octanol–water partition coefficient (Wildman–Crippen LogP) is 7.89. The fraction of sp³-hybridized carbons (Fsp3) is 0.235. The van der Waals surface area contributed by atoms with Crippen LogP contribution in [0.2, 0.25) is 26.2 Å². The molecule has 192 valence electrons. The van der Waals surface area contributed by atoms with Crippen LogP contribution in [0.1, 0.15) is 23.6 Å². The van der Waals surface area contributed by atoms with Crippen molar-refractivity contribution in [3.05, 3.63) is 94.7 Å². The van der Waals surface area contributed by atoms with E-state index >= 15 is 0 Å². The van der Waals surface area contributed by atoms with E-state index in [1.54, 1.807) is 20.7 Å². The highest BCUT2D eigenvalue weighted by atomic mass is 32.1. The summed E-state index contributed by atoms with van der Waals surface area (Å²) in [6.45, 7) is 14.8. The number of thiophene rings is 2. The quantitative estimate of drug-likeness (QED) is 0.195. The summed E-state index contributed by atoms with van der Waals surface area (Å²) in [4.78, 5) is 5.69. The molecular formula is C34H36S2Si2. The first-order valence-corrected chi connectivity index (χ1v) is 21.4. The van der Waals surface area contributed by atoms with Crippen molar-refractivity contribution in [2.75, 3.05) is 0 Å². The maximum absolute atomic E-state index is 2.57. The van der Waals surface area contributed by atoms with Gasteiger partial charge in [0, 0.05) is 19.5 Å². The Kier molecular flexibility index (Phi) is 6.51. The van der Waals surface area contributed by atoms with Gasteiger partial charge in [-0.25, -0.2) is 0 Å². The van der Waals surface area contributed by atoms with E-state index in [0.717, 1.165) is 12.8 Å². The van der Waals surface area contributed by atoms with Gasteiger partial charge in [0.2, 0.25) is 0 Å². The molecule has 0 unspecified atom stereocenters. The highest BCUT2D eigenvalue weighted by molar-refractivity contribution is 7.16. The SMILES string of the molecule is CCc1ccc(-c2ccc3c(c2)[Si](C)(C)c2ccccc2[Si](C)(C)c2cc(-c4ccc(CC)s4)ccc2-3)s1. The Morgan fingerprint density at radius 2 is 0.921 bits per heavy atom. The van der Waals surface area contributed by atoms with Crippen LogP contribution in [0.4, 0.5) is 0 Å². The van der Waals surface area contributed by atoms with Gasteiger partial charge in [0.25, 0.3) is 0 Å². The lowest BCUT2D eigenvalue weighted by atomic mass is 10.0. The summed E-state index contributed by atoms with van der Waals surface area (Å²) >= 11 is 3.89. The number of benzene rings is 3. The summed E-state index contributed by atoms with van der Waals surface area (Å²) in [6, 6.07) is 33.4. The van der Waals surface area contributed by atoms with Gasteiger partial charge < -0.3 is 0 Å². The van der Waals surface area contributed by atoms with Gasteiger partial charge >= 0.3 is 0 Å². The van der Waals surface area contributed by atoms with Crippen LogP contribution in [0.25, 0.3) is 32.0 Å². The largest absolute Gasteiger partial charge is 0.140 e. The molecule has 0 fully saturated rings. The molecular weight excluding hydrogens is 529 g/mol. The van der Waals surface area contributed by atoms with Crippen molar-refractivity contribution in [3.8, 4) is 32.0 Å². The van der Waals surface area contributed by atoms with E-state index in [9.17, 15) is 0 Å². The average molecular weight is 565 g/mol. The third-order valence-electron chi connectivity index (χ3n) is 8.54. The van der Waals surface area contributed by atoms with Crippen LogP contribution in [-0.2, 0) is 12.8 Å². The van der Waals surface area contributed by atoms with Gasteiger partial charge in [-0.3, -0.25) is 0 Å². The molecule has 0 saturated carbocycles. The summed E-state index contributed by atoms with van der Waals surface area (Å²) in [5, 5.41) is 6.38. The van der Waals surface area contributed by atoms with Crippen molar-refractivity contribution in [1.82, 2.24) is 0 Å². The van der Waals surface area contributed by atoms with Crippen LogP contribution >= 0.6 is 22.7 Å².